The number of esters is 5. The maximum atomic E-state index is 12.4. The Morgan fingerprint density at radius 2 is 0.935 bits per heavy atom. The van der Waals surface area contributed by atoms with Crippen LogP contribution in [0.2, 0.25) is 0 Å². The molecule has 0 radical (unpaired) electrons. The lowest BCUT2D eigenvalue weighted by Gasteiger charge is -2.40. The van der Waals surface area contributed by atoms with Gasteiger partial charge in [0.15, 0.2) is 11.6 Å². The summed E-state index contributed by atoms with van der Waals surface area (Å²) in [5.41, 5.74) is -0.207. The monoisotopic (exact) mass is 868 g/mol. The predicted molar refractivity (Wildman–Crippen MR) is 227 cm³/mol. The largest absolute Gasteiger partial charge is 0.491 e. The van der Waals surface area contributed by atoms with Gasteiger partial charge in [-0.1, -0.05) is 13.2 Å². The Bertz CT molecular complexity index is 1880. The van der Waals surface area contributed by atoms with E-state index in [0.717, 1.165) is 0 Å². The van der Waals surface area contributed by atoms with Gasteiger partial charge in [0.1, 0.15) is 41.7 Å². The van der Waals surface area contributed by atoms with E-state index in [1.165, 1.54) is 24.3 Å². The third kappa shape index (κ3) is 19.3. The Morgan fingerprint density at radius 3 is 1.32 bits per heavy atom. The molecule has 0 N–H and O–H groups in total. The van der Waals surface area contributed by atoms with E-state index in [-0.39, 0.29) is 49.2 Å². The Labute approximate surface area is 365 Å². The zero-order valence-electron chi connectivity index (χ0n) is 38.2. The number of carbonyl (C=O) groups excluding carboxylic acids is 5. The Hall–Kier alpha value is -5.09. The molecule has 2 aromatic rings. The third-order valence-corrected chi connectivity index (χ3v) is 8.35. The summed E-state index contributed by atoms with van der Waals surface area (Å²) < 4.78 is 55.7. The fourth-order valence-corrected chi connectivity index (χ4v) is 6.12. The van der Waals surface area contributed by atoms with Gasteiger partial charge in [-0.15, -0.1) is 0 Å². The van der Waals surface area contributed by atoms with Crippen LogP contribution >= 0.6 is 0 Å². The van der Waals surface area contributed by atoms with Crippen molar-refractivity contribution in [3.05, 3.63) is 78.4 Å². The molecule has 2 heterocycles. The summed E-state index contributed by atoms with van der Waals surface area (Å²) in [7, 11) is 0. The van der Waals surface area contributed by atoms with Gasteiger partial charge in [-0.2, -0.15) is 0 Å². The number of rotatable bonds is 14. The molecule has 0 aliphatic carbocycles. The third-order valence-electron chi connectivity index (χ3n) is 8.35. The van der Waals surface area contributed by atoms with Crippen LogP contribution < -0.4 is 14.2 Å². The highest BCUT2D eigenvalue weighted by Gasteiger charge is 2.39. The van der Waals surface area contributed by atoms with Crippen molar-refractivity contribution >= 4 is 29.8 Å². The second kappa shape index (κ2) is 21.8. The van der Waals surface area contributed by atoms with Gasteiger partial charge < -0.3 is 47.4 Å². The van der Waals surface area contributed by atoms with Gasteiger partial charge in [0.05, 0.1) is 42.8 Å². The topological polar surface area (TPSA) is 178 Å². The molecule has 2 saturated heterocycles. The predicted octanol–water partition coefficient (Wildman–Crippen LogP) is 8.16. The first-order chi connectivity index (χ1) is 28.6. The molecule has 342 valence electrons. The lowest BCUT2D eigenvalue weighted by atomic mass is 10.1. The van der Waals surface area contributed by atoms with Crippen LogP contribution in [0.3, 0.4) is 0 Å². The SMILES string of the molecule is C=C(C)C(=O)Oc1ccc(C(=O)OCC2CC(CC(=O)OC(C)(C)C)OC(C)(C)O2)cc1.C=C(C)C(=O)Oc1ccc(OCC2CC(CC(=O)OC(C)(C)C)OC(C)(C)O2)cc1. The van der Waals surface area contributed by atoms with Gasteiger partial charge in [0.25, 0.3) is 0 Å². The second-order valence-corrected chi connectivity index (χ2v) is 18.1. The number of hydrogen-bond acceptors (Lipinski definition) is 15. The minimum absolute atomic E-state index is 0.00282. The average molecular weight is 869 g/mol. The van der Waals surface area contributed by atoms with Crippen molar-refractivity contribution in [2.75, 3.05) is 13.2 Å². The lowest BCUT2D eigenvalue weighted by molar-refractivity contribution is -0.304. The summed E-state index contributed by atoms with van der Waals surface area (Å²) in [5, 5.41) is 0. The molecule has 0 aromatic heterocycles. The fraction of sp³-hybridized carbons (Fsp3) is 0.553. The summed E-state index contributed by atoms with van der Waals surface area (Å²) >= 11 is 0. The summed E-state index contributed by atoms with van der Waals surface area (Å²) in [4.78, 5) is 59.8. The highest BCUT2D eigenvalue weighted by molar-refractivity contribution is 5.91. The number of hydrogen-bond donors (Lipinski definition) is 0. The van der Waals surface area contributed by atoms with Crippen molar-refractivity contribution in [1.29, 1.82) is 0 Å². The molecule has 2 aliphatic heterocycles. The van der Waals surface area contributed by atoms with E-state index < -0.39 is 52.9 Å². The first-order valence-electron chi connectivity index (χ1n) is 20.5. The molecule has 62 heavy (non-hydrogen) atoms. The average Bonchev–Trinajstić information content (AvgIpc) is 3.11. The molecule has 15 heteroatoms. The zero-order valence-corrected chi connectivity index (χ0v) is 38.2. The van der Waals surface area contributed by atoms with Crippen LogP contribution in [0.1, 0.15) is 119 Å². The maximum absolute atomic E-state index is 12.4. The van der Waals surface area contributed by atoms with E-state index in [1.807, 2.05) is 34.6 Å². The minimum atomic E-state index is -0.934. The van der Waals surface area contributed by atoms with Crippen molar-refractivity contribution in [3.8, 4) is 17.2 Å². The highest BCUT2D eigenvalue weighted by Crippen LogP contribution is 2.31. The Kier molecular flexibility index (Phi) is 18.0. The van der Waals surface area contributed by atoms with Crippen LogP contribution in [0, 0.1) is 0 Å². The van der Waals surface area contributed by atoms with Crippen LogP contribution in [0.25, 0.3) is 0 Å². The molecular weight excluding hydrogens is 805 g/mol. The van der Waals surface area contributed by atoms with Gasteiger partial charge >= 0.3 is 29.8 Å². The van der Waals surface area contributed by atoms with Crippen LogP contribution in [-0.4, -0.2) is 90.3 Å². The van der Waals surface area contributed by atoms with E-state index in [0.29, 0.717) is 47.8 Å². The van der Waals surface area contributed by atoms with E-state index in [2.05, 4.69) is 13.2 Å². The van der Waals surface area contributed by atoms with Crippen LogP contribution in [0.15, 0.2) is 72.8 Å². The summed E-state index contributed by atoms with van der Waals surface area (Å²) in [5.74, 6) is -2.66. The quantitative estimate of drug-likeness (QED) is 0.0768. The Balaban J connectivity index is 0.000000331. The van der Waals surface area contributed by atoms with E-state index in [1.54, 1.807) is 72.7 Å². The first kappa shape index (κ1) is 51.3. The normalized spacial score (nSPS) is 20.5. The van der Waals surface area contributed by atoms with Crippen molar-refractivity contribution < 1.29 is 71.3 Å². The van der Waals surface area contributed by atoms with Crippen molar-refractivity contribution in [1.82, 2.24) is 0 Å². The van der Waals surface area contributed by atoms with E-state index in [9.17, 15) is 24.0 Å². The smallest absolute Gasteiger partial charge is 0.338 e. The highest BCUT2D eigenvalue weighted by atomic mass is 16.7. The lowest BCUT2D eigenvalue weighted by Crippen LogP contribution is -2.47. The molecule has 2 aliphatic rings. The second-order valence-electron chi connectivity index (χ2n) is 18.1. The molecule has 0 spiro atoms. The minimum Gasteiger partial charge on any atom is -0.491 e. The van der Waals surface area contributed by atoms with Gasteiger partial charge in [-0.25, -0.2) is 14.4 Å². The molecule has 2 fully saturated rings. The van der Waals surface area contributed by atoms with E-state index >= 15 is 0 Å². The molecule has 4 unspecified atom stereocenters. The zero-order chi connectivity index (χ0) is 46.6. The van der Waals surface area contributed by atoms with Crippen molar-refractivity contribution in [2.45, 2.75) is 156 Å². The van der Waals surface area contributed by atoms with Crippen LogP contribution in [-0.2, 0) is 52.3 Å². The summed E-state index contributed by atoms with van der Waals surface area (Å²) in [6.07, 6.45) is -0.293. The van der Waals surface area contributed by atoms with Crippen LogP contribution in [0.5, 0.6) is 17.2 Å². The molecule has 0 amide bonds. The van der Waals surface area contributed by atoms with Gasteiger partial charge in [0.2, 0.25) is 0 Å². The first-order valence-corrected chi connectivity index (χ1v) is 20.5. The number of ether oxygens (including phenoxy) is 10. The van der Waals surface area contributed by atoms with Crippen molar-refractivity contribution in [2.24, 2.45) is 0 Å². The molecule has 0 saturated carbocycles. The standard InChI is InChI=1S/C24H32O8.C23H32O7/c1-15(2)21(26)29-17-10-8-16(9-11-17)22(27)28-14-19-12-18(30-24(6,7)31-19)13-20(25)32-23(3,4)5;1-15(2)21(25)27-17-10-8-16(9-11-17)26-14-19-12-18(28-23(6,7)29-19)13-20(24)30-22(3,4)5/h8-11,18-19H,1,12-14H2,2-7H3;8-11,18-19H,1,12-14H2,2-7H3. The number of benzene rings is 2. The number of carbonyl (C=O) groups is 5. The van der Waals surface area contributed by atoms with Gasteiger partial charge in [-0.3, -0.25) is 9.59 Å². The van der Waals surface area contributed by atoms with Gasteiger partial charge in [0, 0.05) is 24.0 Å². The van der Waals surface area contributed by atoms with E-state index in [4.69, 9.17) is 47.4 Å². The Morgan fingerprint density at radius 1 is 0.581 bits per heavy atom. The molecule has 0 bridgehead atoms. The summed E-state index contributed by atoms with van der Waals surface area (Å²) in [6, 6.07) is 12.7. The fourth-order valence-electron chi connectivity index (χ4n) is 6.12. The molecule has 2 aromatic carbocycles. The van der Waals surface area contributed by atoms with Crippen molar-refractivity contribution in [3.63, 3.8) is 0 Å². The van der Waals surface area contributed by atoms with Crippen LogP contribution in [0.4, 0.5) is 0 Å². The maximum Gasteiger partial charge on any atom is 0.338 e. The van der Waals surface area contributed by atoms with Gasteiger partial charge in [-0.05, 0) is 132 Å². The molecule has 4 rings (SSSR count). The summed E-state index contributed by atoms with van der Waals surface area (Å²) in [6.45, 7) is 28.5. The molecular formula is C47H64O15. The molecule has 4 atom stereocenters. The molecule has 15 nitrogen and oxygen atoms in total.